The molecule has 5 nitrogen and oxygen atoms in total. The summed E-state index contributed by atoms with van der Waals surface area (Å²) in [5.74, 6) is 0.916. The molecule has 2 saturated heterocycles. The second-order valence-corrected chi connectivity index (χ2v) is 7.84. The van der Waals surface area contributed by atoms with Crippen LogP contribution in [0.15, 0.2) is 30.3 Å². The van der Waals surface area contributed by atoms with Gasteiger partial charge in [0.15, 0.2) is 0 Å². The Morgan fingerprint density at radius 2 is 1.93 bits per heavy atom. The number of likely N-dealkylation sites (tertiary alicyclic amines) is 1. The molecule has 2 aliphatic heterocycles. The smallest absolute Gasteiger partial charge is 0.126 e. The van der Waals surface area contributed by atoms with E-state index in [2.05, 4.69) is 40.0 Å². The number of aliphatic hydroxyl groups excluding tert-OH is 1. The summed E-state index contributed by atoms with van der Waals surface area (Å²) in [5.41, 5.74) is 1.12. The summed E-state index contributed by atoms with van der Waals surface area (Å²) < 4.78 is 5.42. The van der Waals surface area contributed by atoms with Crippen LogP contribution in [0.2, 0.25) is 0 Å². The molecule has 1 aromatic rings. The molecule has 0 aromatic heterocycles. The molecule has 0 spiro atoms. The first-order chi connectivity index (χ1) is 13.2. The summed E-state index contributed by atoms with van der Waals surface area (Å²) in [7, 11) is 3.93. The molecule has 1 aromatic carbocycles. The highest BCUT2D eigenvalue weighted by Crippen LogP contribution is 2.23. The van der Waals surface area contributed by atoms with Crippen molar-refractivity contribution in [3.05, 3.63) is 35.9 Å². The summed E-state index contributed by atoms with van der Waals surface area (Å²) in [6, 6.07) is 9.28. The zero-order chi connectivity index (χ0) is 19.1. The number of methoxy groups -OCH3 is 1. The van der Waals surface area contributed by atoms with E-state index in [0.29, 0.717) is 12.1 Å². The second kappa shape index (κ2) is 10.2. The molecule has 0 amide bonds. The van der Waals surface area contributed by atoms with E-state index in [1.165, 1.54) is 25.9 Å². The van der Waals surface area contributed by atoms with Crippen molar-refractivity contribution in [1.29, 1.82) is 0 Å². The van der Waals surface area contributed by atoms with E-state index in [1.54, 1.807) is 7.11 Å². The quantitative estimate of drug-likeness (QED) is 0.793. The predicted octanol–water partition coefficient (Wildman–Crippen LogP) is 2.17. The van der Waals surface area contributed by atoms with E-state index in [4.69, 9.17) is 4.74 Å². The SMILES string of the molecule is COc1ccccc1C=CCN1CCN(C2CCN(C)CC2)C(CCO)C1. The molecule has 27 heavy (non-hydrogen) atoms. The summed E-state index contributed by atoms with van der Waals surface area (Å²) in [6.45, 7) is 6.87. The minimum absolute atomic E-state index is 0.276. The van der Waals surface area contributed by atoms with Gasteiger partial charge in [-0.05, 0) is 45.5 Å². The monoisotopic (exact) mass is 373 g/mol. The standard InChI is InChI=1S/C22H35N3O2/c1-23-13-9-20(10-14-23)25-16-15-24(18-21(25)11-17-26)12-5-7-19-6-3-4-8-22(19)27-2/h3-8,20-21,26H,9-18H2,1-2H3. The molecule has 1 unspecified atom stereocenters. The number of piperidine rings is 1. The third-order valence-electron chi connectivity index (χ3n) is 6.03. The normalized spacial score (nSPS) is 23.9. The van der Waals surface area contributed by atoms with Crippen LogP contribution in [0.25, 0.3) is 6.08 Å². The van der Waals surface area contributed by atoms with Gasteiger partial charge in [-0.25, -0.2) is 0 Å². The van der Waals surface area contributed by atoms with Crippen LogP contribution in [-0.4, -0.2) is 91.9 Å². The van der Waals surface area contributed by atoms with Gasteiger partial charge in [0.1, 0.15) is 5.75 Å². The largest absolute Gasteiger partial charge is 0.496 e. The third kappa shape index (κ3) is 5.55. The summed E-state index contributed by atoms with van der Waals surface area (Å²) in [4.78, 5) is 7.62. The fourth-order valence-electron chi connectivity index (χ4n) is 4.45. The Balaban J connectivity index is 1.55. The van der Waals surface area contributed by atoms with Crippen LogP contribution in [0.1, 0.15) is 24.8 Å². The van der Waals surface area contributed by atoms with E-state index in [0.717, 1.165) is 43.9 Å². The van der Waals surface area contributed by atoms with Crippen LogP contribution in [0.4, 0.5) is 0 Å². The number of ether oxygens (including phenoxy) is 1. The molecule has 3 rings (SSSR count). The van der Waals surface area contributed by atoms with Crippen molar-refractivity contribution in [1.82, 2.24) is 14.7 Å². The summed E-state index contributed by atoms with van der Waals surface area (Å²) >= 11 is 0. The fourth-order valence-corrected chi connectivity index (χ4v) is 4.45. The number of aliphatic hydroxyl groups is 1. The highest BCUT2D eigenvalue weighted by Gasteiger charge is 2.32. The number of benzene rings is 1. The average molecular weight is 374 g/mol. The molecule has 0 radical (unpaired) electrons. The molecule has 1 N–H and O–H groups in total. The Morgan fingerprint density at radius 3 is 2.67 bits per heavy atom. The van der Waals surface area contributed by atoms with Crippen molar-refractivity contribution in [2.24, 2.45) is 0 Å². The van der Waals surface area contributed by atoms with Gasteiger partial charge in [-0.2, -0.15) is 0 Å². The van der Waals surface area contributed by atoms with Gasteiger partial charge in [-0.3, -0.25) is 9.80 Å². The number of nitrogens with zero attached hydrogens (tertiary/aromatic N) is 3. The number of para-hydroxylation sites is 1. The van der Waals surface area contributed by atoms with Crippen molar-refractivity contribution in [2.45, 2.75) is 31.3 Å². The lowest BCUT2D eigenvalue weighted by molar-refractivity contribution is 0.0122. The lowest BCUT2D eigenvalue weighted by atomic mass is 9.98. The maximum atomic E-state index is 9.56. The third-order valence-corrected chi connectivity index (χ3v) is 6.03. The Kier molecular flexibility index (Phi) is 7.70. The lowest BCUT2D eigenvalue weighted by Crippen LogP contribution is -2.58. The van der Waals surface area contributed by atoms with E-state index in [1.807, 2.05) is 18.2 Å². The average Bonchev–Trinajstić information content (AvgIpc) is 2.70. The Labute approximate surface area is 164 Å². The minimum Gasteiger partial charge on any atom is -0.496 e. The first-order valence-electron chi connectivity index (χ1n) is 10.3. The van der Waals surface area contributed by atoms with Crippen LogP contribution in [-0.2, 0) is 0 Å². The van der Waals surface area contributed by atoms with Crippen molar-refractivity contribution < 1.29 is 9.84 Å². The van der Waals surface area contributed by atoms with Gasteiger partial charge in [0.2, 0.25) is 0 Å². The predicted molar refractivity (Wildman–Crippen MR) is 111 cm³/mol. The van der Waals surface area contributed by atoms with Crippen LogP contribution in [0.5, 0.6) is 5.75 Å². The second-order valence-electron chi connectivity index (χ2n) is 7.84. The number of hydrogen-bond donors (Lipinski definition) is 1. The summed E-state index contributed by atoms with van der Waals surface area (Å²) in [6.07, 6.45) is 7.78. The highest BCUT2D eigenvalue weighted by atomic mass is 16.5. The van der Waals surface area contributed by atoms with Crippen LogP contribution in [0, 0.1) is 0 Å². The summed E-state index contributed by atoms with van der Waals surface area (Å²) in [5, 5.41) is 9.56. The van der Waals surface area contributed by atoms with Crippen molar-refractivity contribution in [2.75, 3.05) is 60.0 Å². The number of piperazine rings is 1. The van der Waals surface area contributed by atoms with Crippen molar-refractivity contribution in [3.63, 3.8) is 0 Å². The molecule has 5 heteroatoms. The zero-order valence-electron chi connectivity index (χ0n) is 16.9. The Hall–Kier alpha value is -1.40. The van der Waals surface area contributed by atoms with Gasteiger partial charge in [0.05, 0.1) is 7.11 Å². The molecule has 150 valence electrons. The van der Waals surface area contributed by atoms with E-state index < -0.39 is 0 Å². The topological polar surface area (TPSA) is 39.2 Å². The van der Waals surface area contributed by atoms with Crippen LogP contribution < -0.4 is 4.74 Å². The molecule has 0 saturated carbocycles. The lowest BCUT2D eigenvalue weighted by Gasteiger charge is -2.47. The first-order valence-corrected chi connectivity index (χ1v) is 10.3. The van der Waals surface area contributed by atoms with Gasteiger partial charge in [0, 0.05) is 50.4 Å². The van der Waals surface area contributed by atoms with Crippen LogP contribution in [0.3, 0.4) is 0 Å². The van der Waals surface area contributed by atoms with Gasteiger partial charge in [-0.1, -0.05) is 30.4 Å². The van der Waals surface area contributed by atoms with E-state index >= 15 is 0 Å². The molecule has 2 aliphatic rings. The van der Waals surface area contributed by atoms with Crippen molar-refractivity contribution >= 4 is 6.08 Å². The van der Waals surface area contributed by atoms with Gasteiger partial charge < -0.3 is 14.7 Å². The Morgan fingerprint density at radius 1 is 1.15 bits per heavy atom. The van der Waals surface area contributed by atoms with Crippen LogP contribution >= 0.6 is 0 Å². The molecule has 1 atom stereocenters. The van der Waals surface area contributed by atoms with E-state index in [-0.39, 0.29) is 6.61 Å². The van der Waals surface area contributed by atoms with E-state index in [9.17, 15) is 5.11 Å². The maximum Gasteiger partial charge on any atom is 0.126 e. The molecule has 0 aliphatic carbocycles. The molecular formula is C22H35N3O2. The number of rotatable bonds is 7. The zero-order valence-corrected chi connectivity index (χ0v) is 16.9. The molecule has 0 bridgehead atoms. The number of hydrogen-bond acceptors (Lipinski definition) is 5. The van der Waals surface area contributed by atoms with Gasteiger partial charge in [0.25, 0.3) is 0 Å². The van der Waals surface area contributed by atoms with Crippen molar-refractivity contribution in [3.8, 4) is 5.75 Å². The fraction of sp³-hybridized carbons (Fsp3) is 0.636. The van der Waals surface area contributed by atoms with Gasteiger partial charge in [-0.15, -0.1) is 0 Å². The maximum absolute atomic E-state index is 9.56. The first kappa shape index (κ1) is 20.3. The minimum atomic E-state index is 0.276. The molecular weight excluding hydrogens is 338 g/mol. The molecule has 2 heterocycles. The molecule has 2 fully saturated rings. The Bertz CT molecular complexity index is 599. The van der Waals surface area contributed by atoms with Gasteiger partial charge >= 0.3 is 0 Å². The highest BCUT2D eigenvalue weighted by molar-refractivity contribution is 5.57.